The number of aromatic nitrogens is 1. The highest BCUT2D eigenvalue weighted by Gasteiger charge is 2.03. The van der Waals surface area contributed by atoms with Gasteiger partial charge in [0.15, 0.2) is 0 Å². The average molecular weight is 241 g/mol. The fraction of sp³-hybridized carbons (Fsp3) is 0.312. The lowest BCUT2D eigenvalue weighted by molar-refractivity contribution is 0.327. The first kappa shape index (κ1) is 12.6. The molecule has 18 heavy (non-hydrogen) atoms. The summed E-state index contributed by atoms with van der Waals surface area (Å²) in [7, 11) is 0. The maximum Gasteiger partial charge on any atom is 0.213 e. The molecular formula is C16H19NO. The molecule has 0 spiro atoms. The summed E-state index contributed by atoms with van der Waals surface area (Å²) < 4.78 is 5.35. The largest absolute Gasteiger partial charge is 0.478 e. The second-order valence-electron chi connectivity index (χ2n) is 4.60. The Kier molecular flexibility index (Phi) is 3.98. The van der Waals surface area contributed by atoms with E-state index in [1.165, 1.54) is 11.1 Å². The second kappa shape index (κ2) is 5.67. The molecule has 0 amide bonds. The van der Waals surface area contributed by atoms with Crippen LogP contribution in [0.15, 0.2) is 42.6 Å². The molecule has 0 saturated heterocycles. The number of benzene rings is 1. The fourth-order valence-corrected chi connectivity index (χ4v) is 1.86. The minimum Gasteiger partial charge on any atom is -0.478 e. The molecule has 0 atom stereocenters. The van der Waals surface area contributed by atoms with Gasteiger partial charge in [0, 0.05) is 17.8 Å². The van der Waals surface area contributed by atoms with E-state index in [9.17, 15) is 0 Å². The van der Waals surface area contributed by atoms with Gasteiger partial charge in [0.1, 0.15) is 0 Å². The Bertz CT molecular complexity index is 503. The van der Waals surface area contributed by atoms with Crippen molar-refractivity contribution in [1.29, 1.82) is 0 Å². The molecule has 0 aliphatic heterocycles. The van der Waals surface area contributed by atoms with Crippen LogP contribution in [0.5, 0.6) is 5.88 Å². The van der Waals surface area contributed by atoms with Crippen LogP contribution in [0.25, 0.3) is 11.1 Å². The number of nitrogens with zero attached hydrogens (tertiary/aromatic N) is 1. The van der Waals surface area contributed by atoms with Gasteiger partial charge < -0.3 is 4.74 Å². The van der Waals surface area contributed by atoms with Gasteiger partial charge in [0.2, 0.25) is 5.88 Å². The summed E-state index contributed by atoms with van der Waals surface area (Å²) >= 11 is 0. The lowest BCUT2D eigenvalue weighted by Crippen LogP contribution is -1.94. The van der Waals surface area contributed by atoms with E-state index in [1.54, 1.807) is 0 Å². The summed E-state index contributed by atoms with van der Waals surface area (Å²) in [6.45, 7) is 7.02. The molecule has 0 radical (unpaired) electrons. The van der Waals surface area contributed by atoms with Gasteiger partial charge in [0.05, 0.1) is 6.61 Å². The Morgan fingerprint density at radius 3 is 2.56 bits per heavy atom. The molecule has 0 saturated carbocycles. The predicted octanol–water partition coefficient (Wildman–Crippen LogP) is 4.27. The number of hydrogen-bond donors (Lipinski definition) is 0. The van der Waals surface area contributed by atoms with E-state index in [0.29, 0.717) is 18.4 Å². The van der Waals surface area contributed by atoms with Crippen molar-refractivity contribution in [3.8, 4) is 17.0 Å². The van der Waals surface area contributed by atoms with Gasteiger partial charge in [0.25, 0.3) is 0 Å². The number of rotatable bonds is 4. The topological polar surface area (TPSA) is 22.1 Å². The lowest BCUT2D eigenvalue weighted by atomic mass is 9.98. The summed E-state index contributed by atoms with van der Waals surface area (Å²) in [5.41, 5.74) is 3.68. The van der Waals surface area contributed by atoms with Crippen LogP contribution in [0.1, 0.15) is 32.3 Å². The van der Waals surface area contributed by atoms with Crippen molar-refractivity contribution >= 4 is 0 Å². The molecule has 0 unspecified atom stereocenters. The summed E-state index contributed by atoms with van der Waals surface area (Å²) in [5, 5.41) is 0. The summed E-state index contributed by atoms with van der Waals surface area (Å²) in [5.74, 6) is 1.22. The Labute approximate surface area is 109 Å². The molecule has 1 aromatic heterocycles. The van der Waals surface area contributed by atoms with E-state index in [2.05, 4.69) is 49.2 Å². The highest BCUT2D eigenvalue weighted by atomic mass is 16.5. The van der Waals surface area contributed by atoms with Gasteiger partial charge in [-0.25, -0.2) is 4.98 Å². The number of hydrogen-bond acceptors (Lipinski definition) is 2. The highest BCUT2D eigenvalue weighted by molar-refractivity contribution is 5.63. The Balaban J connectivity index is 2.28. The Morgan fingerprint density at radius 1 is 1.11 bits per heavy atom. The van der Waals surface area contributed by atoms with E-state index in [0.717, 1.165) is 5.56 Å². The zero-order valence-corrected chi connectivity index (χ0v) is 11.2. The third-order valence-electron chi connectivity index (χ3n) is 2.92. The van der Waals surface area contributed by atoms with Crippen molar-refractivity contribution in [1.82, 2.24) is 4.98 Å². The van der Waals surface area contributed by atoms with Gasteiger partial charge in [-0.2, -0.15) is 0 Å². The Hall–Kier alpha value is -1.83. The third kappa shape index (κ3) is 2.89. The zero-order valence-electron chi connectivity index (χ0n) is 11.2. The maximum absolute atomic E-state index is 5.35. The third-order valence-corrected chi connectivity index (χ3v) is 2.92. The molecule has 0 aliphatic carbocycles. The lowest BCUT2D eigenvalue weighted by Gasteiger charge is -2.08. The molecule has 2 heteroatoms. The van der Waals surface area contributed by atoms with Crippen molar-refractivity contribution in [2.45, 2.75) is 26.7 Å². The van der Waals surface area contributed by atoms with Crippen molar-refractivity contribution in [3.63, 3.8) is 0 Å². The standard InChI is InChI=1S/C16H19NO/c1-4-18-16-9-8-15(11-17-16)14-7-5-6-13(10-14)12(2)3/h5-12H,4H2,1-3H3. The average Bonchev–Trinajstić information content (AvgIpc) is 2.40. The second-order valence-corrected chi connectivity index (χ2v) is 4.60. The van der Waals surface area contributed by atoms with Gasteiger partial charge in [-0.1, -0.05) is 38.1 Å². The molecule has 0 aliphatic rings. The first-order valence-electron chi connectivity index (χ1n) is 6.40. The van der Waals surface area contributed by atoms with Gasteiger partial charge >= 0.3 is 0 Å². The molecule has 0 N–H and O–H groups in total. The SMILES string of the molecule is CCOc1ccc(-c2cccc(C(C)C)c2)cn1. The van der Waals surface area contributed by atoms with Crippen LogP contribution in [0.4, 0.5) is 0 Å². The number of ether oxygens (including phenoxy) is 1. The van der Waals surface area contributed by atoms with Crippen LogP contribution in [-0.2, 0) is 0 Å². The van der Waals surface area contributed by atoms with E-state index in [-0.39, 0.29) is 0 Å². The van der Waals surface area contributed by atoms with Crippen LogP contribution < -0.4 is 4.74 Å². The van der Waals surface area contributed by atoms with Crippen LogP contribution in [0.2, 0.25) is 0 Å². The molecular weight excluding hydrogens is 222 g/mol. The first-order valence-corrected chi connectivity index (χ1v) is 6.40. The van der Waals surface area contributed by atoms with Crippen LogP contribution in [0.3, 0.4) is 0 Å². The van der Waals surface area contributed by atoms with Crippen molar-refractivity contribution in [2.24, 2.45) is 0 Å². The fourth-order valence-electron chi connectivity index (χ4n) is 1.86. The van der Waals surface area contributed by atoms with E-state index >= 15 is 0 Å². The van der Waals surface area contributed by atoms with E-state index < -0.39 is 0 Å². The predicted molar refractivity (Wildman–Crippen MR) is 74.9 cm³/mol. The molecule has 2 nitrogen and oxygen atoms in total. The van der Waals surface area contributed by atoms with Crippen molar-refractivity contribution in [2.75, 3.05) is 6.61 Å². The highest BCUT2D eigenvalue weighted by Crippen LogP contribution is 2.24. The van der Waals surface area contributed by atoms with Crippen LogP contribution in [0, 0.1) is 0 Å². The van der Waals surface area contributed by atoms with Crippen molar-refractivity contribution in [3.05, 3.63) is 48.2 Å². The smallest absolute Gasteiger partial charge is 0.213 e. The van der Waals surface area contributed by atoms with E-state index in [4.69, 9.17) is 4.74 Å². The quantitative estimate of drug-likeness (QED) is 0.797. The van der Waals surface area contributed by atoms with Gasteiger partial charge in [-0.3, -0.25) is 0 Å². The first-order chi connectivity index (χ1) is 8.70. The zero-order chi connectivity index (χ0) is 13.0. The Morgan fingerprint density at radius 2 is 1.94 bits per heavy atom. The molecule has 2 rings (SSSR count). The minimum atomic E-state index is 0.542. The summed E-state index contributed by atoms with van der Waals surface area (Å²) in [4.78, 5) is 4.30. The van der Waals surface area contributed by atoms with Crippen molar-refractivity contribution < 1.29 is 4.74 Å². The maximum atomic E-state index is 5.35. The number of pyridine rings is 1. The molecule has 1 aromatic carbocycles. The molecule has 1 heterocycles. The van der Waals surface area contributed by atoms with Gasteiger partial charge in [-0.15, -0.1) is 0 Å². The summed E-state index contributed by atoms with van der Waals surface area (Å²) in [6.07, 6.45) is 1.87. The monoisotopic (exact) mass is 241 g/mol. The van der Waals surface area contributed by atoms with Crippen LogP contribution in [-0.4, -0.2) is 11.6 Å². The molecule has 0 bridgehead atoms. The summed E-state index contributed by atoms with van der Waals surface area (Å²) in [6, 6.07) is 12.6. The molecule has 2 aromatic rings. The molecule has 0 fully saturated rings. The minimum absolute atomic E-state index is 0.542. The van der Waals surface area contributed by atoms with Crippen LogP contribution >= 0.6 is 0 Å². The molecule has 94 valence electrons. The van der Waals surface area contributed by atoms with Gasteiger partial charge in [-0.05, 0) is 30.0 Å². The normalized spacial score (nSPS) is 10.7. The van der Waals surface area contributed by atoms with E-state index in [1.807, 2.05) is 19.2 Å².